The minimum atomic E-state index is -0.389. The molecule has 2 rings (SSSR count). The van der Waals surface area contributed by atoms with E-state index in [0.717, 1.165) is 13.0 Å². The van der Waals surface area contributed by atoms with E-state index in [2.05, 4.69) is 12.2 Å². The van der Waals surface area contributed by atoms with Gasteiger partial charge in [0, 0.05) is 13.1 Å². The lowest BCUT2D eigenvalue weighted by Gasteiger charge is -2.24. The minimum Gasteiger partial charge on any atom is -0.379 e. The summed E-state index contributed by atoms with van der Waals surface area (Å²) in [5.41, 5.74) is 0.304. The van der Waals surface area contributed by atoms with Crippen LogP contribution in [0.2, 0.25) is 0 Å². The van der Waals surface area contributed by atoms with Crippen LogP contribution in [-0.2, 0) is 9.53 Å². The van der Waals surface area contributed by atoms with Crippen molar-refractivity contribution in [2.45, 2.75) is 19.4 Å². The van der Waals surface area contributed by atoms with Gasteiger partial charge in [0.1, 0.15) is 5.82 Å². The first kappa shape index (κ1) is 14.9. The molecule has 1 aromatic carbocycles. The number of hydrogen-bond donors (Lipinski definition) is 1. The monoisotopic (exact) mass is 280 g/mol. The first-order chi connectivity index (χ1) is 9.65. The summed E-state index contributed by atoms with van der Waals surface area (Å²) in [6.45, 7) is 3.84. The molecular formula is C15H21FN2O2. The molecule has 4 nitrogen and oxygen atoms in total. The highest BCUT2D eigenvalue weighted by atomic mass is 19.1. The third kappa shape index (κ3) is 3.16. The first-order valence-electron chi connectivity index (χ1n) is 6.98. The number of amides is 1. The zero-order valence-electron chi connectivity index (χ0n) is 11.9. The predicted octanol–water partition coefficient (Wildman–Crippen LogP) is 1.80. The van der Waals surface area contributed by atoms with E-state index in [4.69, 9.17) is 4.74 Å². The van der Waals surface area contributed by atoms with E-state index in [-0.39, 0.29) is 23.7 Å². The van der Waals surface area contributed by atoms with Crippen molar-refractivity contribution in [3.05, 3.63) is 30.1 Å². The molecule has 1 heterocycles. The molecule has 1 amide bonds. The van der Waals surface area contributed by atoms with E-state index in [0.29, 0.717) is 18.9 Å². The van der Waals surface area contributed by atoms with Gasteiger partial charge in [0.05, 0.1) is 24.8 Å². The van der Waals surface area contributed by atoms with Crippen LogP contribution in [0, 0.1) is 11.7 Å². The van der Waals surface area contributed by atoms with Gasteiger partial charge in [-0.05, 0) is 25.1 Å². The van der Waals surface area contributed by atoms with Crippen molar-refractivity contribution < 1.29 is 13.9 Å². The smallest absolute Gasteiger partial charge is 0.233 e. The second kappa shape index (κ2) is 6.81. The number of carbonyl (C=O) groups excluding carboxylic acids is 1. The molecule has 1 aliphatic heterocycles. The maximum atomic E-state index is 13.7. The van der Waals surface area contributed by atoms with Crippen LogP contribution in [0.15, 0.2) is 24.3 Å². The van der Waals surface area contributed by atoms with Gasteiger partial charge in [-0.1, -0.05) is 19.1 Å². The molecule has 0 radical (unpaired) electrons. The van der Waals surface area contributed by atoms with Crippen molar-refractivity contribution in [1.29, 1.82) is 0 Å². The van der Waals surface area contributed by atoms with E-state index < -0.39 is 0 Å². The summed E-state index contributed by atoms with van der Waals surface area (Å²) >= 11 is 0. The Morgan fingerprint density at radius 2 is 2.20 bits per heavy atom. The number of ether oxygens (including phenoxy) is 1. The van der Waals surface area contributed by atoms with Gasteiger partial charge >= 0.3 is 0 Å². The largest absolute Gasteiger partial charge is 0.379 e. The molecule has 0 spiro atoms. The SMILES string of the molecule is CCCNC1COCC1C(=O)N(C)c1ccccc1F. The van der Waals surface area contributed by atoms with E-state index in [1.807, 2.05) is 0 Å². The summed E-state index contributed by atoms with van der Waals surface area (Å²) in [6, 6.07) is 6.31. The quantitative estimate of drug-likeness (QED) is 0.894. The molecule has 0 bridgehead atoms. The van der Waals surface area contributed by atoms with E-state index in [1.54, 1.807) is 25.2 Å². The number of para-hydroxylation sites is 1. The second-order valence-corrected chi connectivity index (χ2v) is 5.05. The lowest BCUT2D eigenvalue weighted by atomic mass is 10.0. The predicted molar refractivity (Wildman–Crippen MR) is 76.2 cm³/mol. The summed E-state index contributed by atoms with van der Waals surface area (Å²) in [7, 11) is 1.61. The molecule has 1 aliphatic rings. The Labute approximate surface area is 118 Å². The highest BCUT2D eigenvalue weighted by Gasteiger charge is 2.36. The molecule has 2 unspecified atom stereocenters. The summed E-state index contributed by atoms with van der Waals surface area (Å²) in [4.78, 5) is 13.9. The minimum absolute atomic E-state index is 0.0108. The Kier molecular flexibility index (Phi) is 5.09. The average Bonchev–Trinajstić information content (AvgIpc) is 2.92. The molecule has 2 atom stereocenters. The lowest BCUT2D eigenvalue weighted by Crippen LogP contribution is -2.45. The molecule has 110 valence electrons. The van der Waals surface area contributed by atoms with Crippen molar-refractivity contribution >= 4 is 11.6 Å². The van der Waals surface area contributed by atoms with Crippen molar-refractivity contribution in [3.8, 4) is 0 Å². The molecule has 1 saturated heterocycles. The van der Waals surface area contributed by atoms with Gasteiger partial charge in [0.2, 0.25) is 5.91 Å². The van der Waals surface area contributed by atoms with E-state index >= 15 is 0 Å². The number of benzene rings is 1. The summed E-state index contributed by atoms with van der Waals surface area (Å²) in [5, 5.41) is 3.32. The molecular weight excluding hydrogens is 259 g/mol. The van der Waals surface area contributed by atoms with Gasteiger partial charge in [0.25, 0.3) is 0 Å². The molecule has 0 aromatic heterocycles. The van der Waals surface area contributed by atoms with Gasteiger partial charge < -0.3 is 15.0 Å². The number of anilines is 1. The Morgan fingerprint density at radius 1 is 1.45 bits per heavy atom. The highest BCUT2D eigenvalue weighted by Crippen LogP contribution is 2.22. The molecule has 1 aromatic rings. The molecule has 5 heteroatoms. The van der Waals surface area contributed by atoms with Crippen LogP contribution in [-0.4, -0.2) is 38.8 Å². The Morgan fingerprint density at radius 3 is 2.90 bits per heavy atom. The first-order valence-corrected chi connectivity index (χ1v) is 6.98. The normalized spacial score (nSPS) is 21.9. The lowest BCUT2D eigenvalue weighted by molar-refractivity contribution is -0.122. The number of hydrogen-bond acceptors (Lipinski definition) is 3. The van der Waals surface area contributed by atoms with Gasteiger partial charge in [0.15, 0.2) is 0 Å². The molecule has 1 fully saturated rings. The van der Waals surface area contributed by atoms with E-state index in [1.165, 1.54) is 11.0 Å². The van der Waals surface area contributed by atoms with Crippen LogP contribution in [0.5, 0.6) is 0 Å². The van der Waals surface area contributed by atoms with Gasteiger partial charge in [-0.2, -0.15) is 0 Å². The fourth-order valence-electron chi connectivity index (χ4n) is 2.42. The number of halogens is 1. The third-order valence-corrected chi connectivity index (χ3v) is 3.60. The fourth-order valence-corrected chi connectivity index (χ4v) is 2.42. The third-order valence-electron chi connectivity index (χ3n) is 3.60. The Balaban J connectivity index is 2.08. The van der Waals surface area contributed by atoms with Gasteiger partial charge in [-0.25, -0.2) is 4.39 Å². The fraction of sp³-hybridized carbons (Fsp3) is 0.533. The van der Waals surface area contributed by atoms with Crippen molar-refractivity contribution in [3.63, 3.8) is 0 Å². The zero-order chi connectivity index (χ0) is 14.5. The Bertz CT molecular complexity index is 467. The molecule has 0 aliphatic carbocycles. The van der Waals surface area contributed by atoms with Crippen LogP contribution >= 0.6 is 0 Å². The summed E-state index contributed by atoms with van der Waals surface area (Å²) in [6.07, 6.45) is 1.00. The number of rotatable bonds is 5. The highest BCUT2D eigenvalue weighted by molar-refractivity contribution is 5.95. The zero-order valence-corrected chi connectivity index (χ0v) is 11.9. The average molecular weight is 280 g/mol. The molecule has 20 heavy (non-hydrogen) atoms. The van der Waals surface area contributed by atoms with E-state index in [9.17, 15) is 9.18 Å². The van der Waals surface area contributed by atoms with Crippen LogP contribution in [0.25, 0.3) is 0 Å². The van der Waals surface area contributed by atoms with Crippen LogP contribution < -0.4 is 10.2 Å². The number of nitrogens with zero attached hydrogens (tertiary/aromatic N) is 1. The molecule has 1 N–H and O–H groups in total. The van der Waals surface area contributed by atoms with Crippen LogP contribution in [0.4, 0.5) is 10.1 Å². The van der Waals surface area contributed by atoms with Crippen LogP contribution in [0.1, 0.15) is 13.3 Å². The topological polar surface area (TPSA) is 41.6 Å². The maximum Gasteiger partial charge on any atom is 0.233 e. The summed E-state index contributed by atoms with van der Waals surface area (Å²) in [5.74, 6) is -0.757. The van der Waals surface area contributed by atoms with Crippen LogP contribution in [0.3, 0.4) is 0 Å². The van der Waals surface area contributed by atoms with Crippen molar-refractivity contribution in [2.24, 2.45) is 5.92 Å². The van der Waals surface area contributed by atoms with Crippen molar-refractivity contribution in [2.75, 3.05) is 31.7 Å². The standard InChI is InChI=1S/C15H21FN2O2/c1-3-8-17-13-10-20-9-11(13)15(19)18(2)14-7-5-4-6-12(14)16/h4-7,11,13,17H,3,8-10H2,1-2H3. The number of carbonyl (C=O) groups is 1. The van der Waals surface area contributed by atoms with Crippen molar-refractivity contribution in [1.82, 2.24) is 5.32 Å². The van der Waals surface area contributed by atoms with Gasteiger partial charge in [-0.15, -0.1) is 0 Å². The maximum absolute atomic E-state index is 13.7. The number of nitrogens with one attached hydrogen (secondary N) is 1. The Hall–Kier alpha value is -1.46. The second-order valence-electron chi connectivity index (χ2n) is 5.05. The molecule has 0 saturated carbocycles. The summed E-state index contributed by atoms with van der Waals surface area (Å²) < 4.78 is 19.1. The van der Waals surface area contributed by atoms with Gasteiger partial charge in [-0.3, -0.25) is 4.79 Å².